The van der Waals surface area contributed by atoms with Gasteiger partial charge in [0.1, 0.15) is 0 Å². The van der Waals surface area contributed by atoms with E-state index >= 15 is 0 Å². The van der Waals surface area contributed by atoms with Crippen LogP contribution >= 0.6 is 0 Å². The Hall–Kier alpha value is -1.01. The molecule has 0 saturated heterocycles. The van der Waals surface area contributed by atoms with Crippen molar-refractivity contribution in [3.05, 3.63) is 78.4 Å². The Morgan fingerprint density at radius 3 is 2.17 bits per heavy atom. The minimum absolute atomic E-state index is 0. The Kier molecular flexibility index (Phi) is 7.80. The smallest absolute Gasteiger partial charge is 1.00 e. The van der Waals surface area contributed by atoms with Crippen LogP contribution in [0.5, 0.6) is 0 Å². The minimum atomic E-state index is 0. The van der Waals surface area contributed by atoms with Gasteiger partial charge in [-0.3, -0.25) is 0 Å². The first-order valence-electron chi connectivity index (χ1n) is 7.52. The van der Waals surface area contributed by atoms with Crippen molar-refractivity contribution in [1.82, 2.24) is 0 Å². The summed E-state index contributed by atoms with van der Waals surface area (Å²) in [6.45, 7) is 2.22. The number of rotatable bonds is 2. The van der Waals surface area contributed by atoms with E-state index in [2.05, 4.69) is 79.7 Å². The van der Waals surface area contributed by atoms with Crippen LogP contribution in [0, 0.1) is 0 Å². The molecule has 0 saturated carbocycles. The molecule has 0 spiro atoms. The molecule has 0 atom stereocenters. The van der Waals surface area contributed by atoms with E-state index < -0.39 is 0 Å². The van der Waals surface area contributed by atoms with E-state index in [1.165, 1.54) is 38.2 Å². The van der Waals surface area contributed by atoms with E-state index in [0.29, 0.717) is 0 Å². The maximum atomic E-state index is 2.34. The average Bonchev–Trinajstić information content (AvgIpc) is 2.97. The molecule has 0 nitrogen and oxygen atoms in total. The third kappa shape index (κ3) is 3.80. The van der Waals surface area contributed by atoms with Gasteiger partial charge in [-0.15, -0.1) is 34.5 Å². The molecule has 3 heteroatoms. The molecule has 0 aliphatic rings. The summed E-state index contributed by atoms with van der Waals surface area (Å²) in [5.74, 6) is 0. The molecule has 0 aliphatic carbocycles. The second kappa shape index (κ2) is 8.90. The number of hydrogen-bond donors (Lipinski definition) is 0. The zero-order chi connectivity index (χ0) is 14.2. The largest absolute Gasteiger partial charge is 3.00 e. The van der Waals surface area contributed by atoms with Gasteiger partial charge in [0.05, 0.1) is 0 Å². The van der Waals surface area contributed by atoms with E-state index in [0.717, 1.165) is 6.42 Å². The Balaban J connectivity index is 0.000000960. The van der Waals surface area contributed by atoms with Gasteiger partial charge in [-0.05, 0) is 17.2 Å². The van der Waals surface area contributed by atoms with E-state index in [9.17, 15) is 0 Å². The molecule has 4 aromatic carbocycles. The van der Waals surface area contributed by atoms with Crippen LogP contribution in [0.25, 0.3) is 32.7 Å². The first kappa shape index (κ1) is 21.0. The number of aryl methyl sites for hydroxylation is 1. The zero-order valence-electron chi connectivity index (χ0n) is 13.4. The van der Waals surface area contributed by atoms with Gasteiger partial charge in [-0.1, -0.05) is 72.6 Å². The van der Waals surface area contributed by atoms with Crippen LogP contribution < -0.4 is 24.8 Å². The maximum Gasteiger partial charge on any atom is 3.00 e. The monoisotopic (exact) mass is 429 g/mol. The van der Waals surface area contributed by atoms with Gasteiger partial charge in [0.25, 0.3) is 0 Å². The van der Waals surface area contributed by atoms with Crippen LogP contribution in [0.3, 0.4) is 0 Å². The van der Waals surface area contributed by atoms with Crippen molar-refractivity contribution in [1.29, 1.82) is 0 Å². The predicted molar refractivity (Wildman–Crippen MR) is 91.9 cm³/mol. The molecule has 1 radical (unpaired) electrons. The van der Waals surface area contributed by atoms with Crippen molar-refractivity contribution in [2.75, 3.05) is 0 Å². The van der Waals surface area contributed by atoms with Gasteiger partial charge < -0.3 is 24.8 Å². The molecule has 0 aromatic heterocycles. The van der Waals surface area contributed by atoms with Crippen LogP contribution in [0.15, 0.2) is 72.8 Å². The van der Waals surface area contributed by atoms with E-state index in [1.54, 1.807) is 0 Å². The second-order valence-electron chi connectivity index (χ2n) is 5.59. The predicted octanol–water partition coefficient (Wildman–Crippen LogP) is -0.0532. The van der Waals surface area contributed by atoms with Crippen LogP contribution in [0.1, 0.15) is 12.5 Å². The molecule has 0 N–H and O–H groups in total. The average molecular weight is 431 g/mol. The van der Waals surface area contributed by atoms with Crippen LogP contribution in [-0.4, -0.2) is 0 Å². The molecule has 24 heavy (non-hydrogen) atoms. The molecular weight excluding hydrogens is 414 g/mol. The Bertz CT molecular complexity index is 908. The molecule has 4 rings (SSSR count). The molecule has 119 valence electrons. The number of halogens is 2. The molecule has 0 amide bonds. The van der Waals surface area contributed by atoms with Crippen molar-refractivity contribution in [2.45, 2.75) is 13.3 Å². The van der Waals surface area contributed by atoms with Gasteiger partial charge in [0.15, 0.2) is 0 Å². The molecule has 0 unspecified atom stereocenters. The van der Waals surface area contributed by atoms with Gasteiger partial charge in [0.2, 0.25) is 0 Å². The van der Waals surface area contributed by atoms with E-state index in [1.807, 2.05) is 0 Å². The van der Waals surface area contributed by atoms with Crippen LogP contribution in [0.4, 0.5) is 0 Å². The SMILES string of the molecule is CCc1cc(-c2cc3ccccc3[cH-]2)c2ccccc2c1.[Cl-].[Cl-].[Zr+3]. The van der Waals surface area contributed by atoms with Crippen molar-refractivity contribution in [3.8, 4) is 11.1 Å². The topological polar surface area (TPSA) is 0 Å². The van der Waals surface area contributed by atoms with Crippen molar-refractivity contribution in [3.63, 3.8) is 0 Å². The minimum Gasteiger partial charge on any atom is -1.00 e. The first-order chi connectivity index (χ1) is 10.3. The quantitative estimate of drug-likeness (QED) is 0.391. The molecule has 0 bridgehead atoms. The van der Waals surface area contributed by atoms with Crippen molar-refractivity contribution >= 4 is 21.5 Å². The summed E-state index contributed by atoms with van der Waals surface area (Å²) in [4.78, 5) is 0. The summed E-state index contributed by atoms with van der Waals surface area (Å²) in [5, 5.41) is 5.30. The first-order valence-corrected chi connectivity index (χ1v) is 7.52. The fraction of sp³-hybridized carbons (Fsp3) is 0.0952. The second-order valence-corrected chi connectivity index (χ2v) is 5.59. The summed E-state index contributed by atoms with van der Waals surface area (Å²) in [7, 11) is 0. The summed E-state index contributed by atoms with van der Waals surface area (Å²) in [6.07, 6.45) is 1.07. The molecule has 0 fully saturated rings. The van der Waals surface area contributed by atoms with Gasteiger partial charge in [-0.25, -0.2) is 0 Å². The molecule has 0 heterocycles. The maximum absolute atomic E-state index is 2.34. The molecule has 0 aliphatic heterocycles. The van der Waals surface area contributed by atoms with Crippen LogP contribution in [-0.2, 0) is 32.6 Å². The Morgan fingerprint density at radius 2 is 1.46 bits per heavy atom. The standard InChI is InChI=1S/C21H17.2ClH.Zr/c1-2-15-11-18-9-5-6-10-20(18)21(12-15)19-13-16-7-3-4-8-17(16)14-19;;;/h3-14H,2H2,1H3;2*1H;/q-1;;;+3/p-2. The molecular formula is C21H17Cl2Zr. The third-order valence-electron chi connectivity index (χ3n) is 4.26. The fourth-order valence-electron chi connectivity index (χ4n) is 3.12. The van der Waals surface area contributed by atoms with Gasteiger partial charge in [0, 0.05) is 0 Å². The zero-order valence-corrected chi connectivity index (χ0v) is 17.4. The van der Waals surface area contributed by atoms with Gasteiger partial charge >= 0.3 is 26.2 Å². The number of fused-ring (bicyclic) bond motifs is 2. The van der Waals surface area contributed by atoms with E-state index in [-0.39, 0.29) is 51.0 Å². The summed E-state index contributed by atoms with van der Waals surface area (Å²) >= 11 is 0. The Morgan fingerprint density at radius 1 is 0.792 bits per heavy atom. The van der Waals surface area contributed by atoms with E-state index in [4.69, 9.17) is 0 Å². The Labute approximate surface area is 174 Å². The third-order valence-corrected chi connectivity index (χ3v) is 4.26. The van der Waals surface area contributed by atoms with Crippen molar-refractivity contribution < 1.29 is 51.0 Å². The number of hydrogen-bond acceptors (Lipinski definition) is 0. The van der Waals surface area contributed by atoms with Crippen molar-refractivity contribution in [2.24, 2.45) is 0 Å². The van der Waals surface area contributed by atoms with Gasteiger partial charge in [-0.2, -0.15) is 0 Å². The summed E-state index contributed by atoms with van der Waals surface area (Å²) in [6, 6.07) is 26.5. The normalized spacial score (nSPS) is 9.88. The molecule has 4 aromatic rings. The summed E-state index contributed by atoms with van der Waals surface area (Å²) < 4.78 is 0. The fourth-order valence-corrected chi connectivity index (χ4v) is 3.12. The number of benzene rings is 3. The van der Waals surface area contributed by atoms with Crippen LogP contribution in [0.2, 0.25) is 0 Å². The summed E-state index contributed by atoms with van der Waals surface area (Å²) in [5.41, 5.74) is 4.07.